The summed E-state index contributed by atoms with van der Waals surface area (Å²) in [5.41, 5.74) is 0.936. The molecule has 0 bridgehead atoms. The molecule has 1 aliphatic rings. The molecule has 37 heavy (non-hydrogen) atoms. The van der Waals surface area contributed by atoms with E-state index in [1.165, 1.54) is 18.2 Å². The first kappa shape index (κ1) is 27.5. The predicted molar refractivity (Wildman–Crippen MR) is 150 cm³/mol. The molecule has 4 rings (SSSR count). The summed E-state index contributed by atoms with van der Waals surface area (Å²) in [5, 5.41) is 13.6. The van der Waals surface area contributed by atoms with Gasteiger partial charge in [0, 0.05) is 6.42 Å². The molecule has 1 heterocycles. The zero-order valence-electron chi connectivity index (χ0n) is 21.9. The molecule has 1 fully saturated rings. The number of rotatable bonds is 8. The fourth-order valence-electron chi connectivity index (χ4n) is 5.31. The molecule has 1 aliphatic heterocycles. The molecule has 0 saturated carbocycles. The first-order valence-electron chi connectivity index (χ1n) is 12.5. The quantitative estimate of drug-likeness (QED) is 0.342. The molecule has 0 spiro atoms. The fourth-order valence-corrected chi connectivity index (χ4v) is 11.7. The fraction of sp³-hybridized carbons (Fsp3) is 0.333. The van der Waals surface area contributed by atoms with Crippen molar-refractivity contribution < 1.29 is 22.7 Å². The number of hydrogen-bond donors (Lipinski definition) is 1. The van der Waals surface area contributed by atoms with Crippen LogP contribution in [-0.2, 0) is 19.0 Å². The van der Waals surface area contributed by atoms with Crippen LogP contribution in [0.15, 0.2) is 102 Å². The van der Waals surface area contributed by atoms with E-state index in [9.17, 15) is 13.5 Å². The lowest BCUT2D eigenvalue weighted by molar-refractivity contribution is 0.00780. The van der Waals surface area contributed by atoms with Crippen LogP contribution in [0.5, 0.6) is 0 Å². The Morgan fingerprint density at radius 3 is 1.97 bits per heavy atom. The molecule has 3 aromatic rings. The summed E-state index contributed by atoms with van der Waals surface area (Å²) >= 11 is 0. The Hall–Kier alpha value is -2.55. The summed E-state index contributed by atoms with van der Waals surface area (Å²) in [6, 6.07) is 26.9. The van der Waals surface area contributed by atoms with E-state index in [4.69, 9.17) is 9.16 Å². The molecule has 1 saturated heterocycles. The zero-order valence-corrected chi connectivity index (χ0v) is 23.7. The number of aliphatic hydroxyl groups is 1. The highest BCUT2D eigenvalue weighted by atomic mass is 32.2. The van der Waals surface area contributed by atoms with Gasteiger partial charge in [-0.15, -0.1) is 6.58 Å². The normalized spacial score (nSPS) is 22.6. The Morgan fingerprint density at radius 2 is 1.51 bits per heavy atom. The second kappa shape index (κ2) is 10.3. The highest BCUT2D eigenvalue weighted by Gasteiger charge is 2.57. The van der Waals surface area contributed by atoms with Crippen molar-refractivity contribution >= 4 is 28.5 Å². The monoisotopic (exact) mass is 536 g/mol. The van der Waals surface area contributed by atoms with E-state index in [1.54, 1.807) is 12.1 Å². The molecule has 5 nitrogen and oxygen atoms in total. The molecule has 0 unspecified atom stereocenters. The van der Waals surface area contributed by atoms with E-state index in [2.05, 4.69) is 51.6 Å². The van der Waals surface area contributed by atoms with Crippen molar-refractivity contribution in [3.63, 3.8) is 0 Å². The Kier molecular flexibility index (Phi) is 7.66. The van der Waals surface area contributed by atoms with Crippen LogP contribution in [0.4, 0.5) is 0 Å². The number of hydrogen-bond acceptors (Lipinski definition) is 5. The summed E-state index contributed by atoms with van der Waals surface area (Å²) in [6.45, 7) is 12.3. The second-order valence-corrected chi connectivity index (χ2v) is 17.2. The minimum atomic E-state index is -4.12. The second-order valence-electron chi connectivity index (χ2n) is 10.8. The molecule has 7 heteroatoms. The van der Waals surface area contributed by atoms with Crippen LogP contribution < -0.4 is 10.4 Å². The van der Waals surface area contributed by atoms with Gasteiger partial charge in [-0.05, 0) is 34.5 Å². The van der Waals surface area contributed by atoms with Crippen molar-refractivity contribution in [3.05, 3.63) is 103 Å². The van der Waals surface area contributed by atoms with Crippen LogP contribution in [-0.4, -0.2) is 45.6 Å². The molecule has 196 valence electrons. The maximum Gasteiger partial charge on any atom is 0.261 e. The van der Waals surface area contributed by atoms with Crippen molar-refractivity contribution in [2.24, 2.45) is 0 Å². The van der Waals surface area contributed by atoms with Crippen LogP contribution in [0.2, 0.25) is 5.04 Å². The molecule has 3 aromatic carbocycles. The van der Waals surface area contributed by atoms with Crippen LogP contribution in [0.25, 0.3) is 0 Å². The predicted octanol–water partition coefficient (Wildman–Crippen LogP) is 4.38. The lowest BCUT2D eigenvalue weighted by Crippen LogP contribution is -2.67. The first-order chi connectivity index (χ1) is 17.5. The highest BCUT2D eigenvalue weighted by Crippen LogP contribution is 2.41. The van der Waals surface area contributed by atoms with Gasteiger partial charge in [0.25, 0.3) is 8.32 Å². The average molecular weight is 537 g/mol. The van der Waals surface area contributed by atoms with Crippen LogP contribution in [0.3, 0.4) is 0 Å². The highest BCUT2D eigenvalue weighted by molar-refractivity contribution is 7.92. The van der Waals surface area contributed by atoms with Gasteiger partial charge in [0.1, 0.15) is 6.10 Å². The van der Waals surface area contributed by atoms with E-state index in [0.717, 1.165) is 15.9 Å². The van der Waals surface area contributed by atoms with E-state index in [-0.39, 0.29) is 23.0 Å². The Balaban J connectivity index is 1.69. The van der Waals surface area contributed by atoms with Crippen LogP contribution in [0.1, 0.15) is 32.8 Å². The SMILES string of the molecule is C=C[C@@H]1O[C@H](CO[Si](c2ccccc2)(c2ccccc2)C(C)(C)C)C[C@@]1(O)S(=O)(=O)c1ccc(C)cc1. The zero-order chi connectivity index (χ0) is 26.9. The summed E-state index contributed by atoms with van der Waals surface area (Å²) in [4.78, 5) is -2.08. The van der Waals surface area contributed by atoms with Gasteiger partial charge in [-0.1, -0.05) is 105 Å². The standard InChI is InChI=1S/C30H36O5SSi/c1-6-28-30(31,36(32,33)25-19-17-23(2)18-20-25)21-24(35-28)22-34-37(29(3,4)5,26-13-9-7-10-14-26)27-15-11-8-12-16-27/h6-20,24,28,31H,1,21-22H2,2-5H3/t24-,28-,30+/m0/s1. The van der Waals surface area contributed by atoms with Gasteiger partial charge in [-0.25, -0.2) is 8.42 Å². The maximum absolute atomic E-state index is 13.6. The van der Waals surface area contributed by atoms with E-state index >= 15 is 0 Å². The summed E-state index contributed by atoms with van der Waals surface area (Å²) < 4.78 is 40.2. The van der Waals surface area contributed by atoms with Crippen LogP contribution >= 0.6 is 0 Å². The van der Waals surface area contributed by atoms with E-state index in [0.29, 0.717) is 0 Å². The average Bonchev–Trinajstić information content (AvgIpc) is 3.22. The van der Waals surface area contributed by atoms with Gasteiger partial charge >= 0.3 is 0 Å². The molecular formula is C30H36O5SSi. The summed E-state index contributed by atoms with van der Waals surface area (Å²) in [5.74, 6) is 0. The third kappa shape index (κ3) is 4.87. The van der Waals surface area contributed by atoms with Crippen molar-refractivity contribution in [2.45, 2.75) is 61.2 Å². The van der Waals surface area contributed by atoms with Crippen LogP contribution in [0, 0.1) is 6.92 Å². The molecule has 1 N–H and O–H groups in total. The molecular weight excluding hydrogens is 500 g/mol. The third-order valence-corrected chi connectivity index (χ3v) is 14.4. The molecule has 0 aliphatic carbocycles. The van der Waals surface area contributed by atoms with Crippen molar-refractivity contribution in [1.29, 1.82) is 0 Å². The van der Waals surface area contributed by atoms with Gasteiger partial charge in [-0.3, -0.25) is 0 Å². The Labute approximate surface area is 221 Å². The van der Waals surface area contributed by atoms with E-state index in [1.807, 2.05) is 43.3 Å². The molecule has 0 amide bonds. The number of sulfone groups is 1. The Bertz CT molecular complexity index is 1280. The molecule has 0 radical (unpaired) electrons. The van der Waals surface area contributed by atoms with Crippen molar-refractivity contribution in [2.75, 3.05) is 6.61 Å². The van der Waals surface area contributed by atoms with Crippen molar-refractivity contribution in [3.8, 4) is 0 Å². The van der Waals surface area contributed by atoms with Gasteiger partial charge < -0.3 is 14.3 Å². The largest absolute Gasteiger partial charge is 0.405 e. The lowest BCUT2D eigenvalue weighted by Gasteiger charge is -2.43. The van der Waals surface area contributed by atoms with Gasteiger partial charge in [0.2, 0.25) is 14.8 Å². The minimum Gasteiger partial charge on any atom is -0.405 e. The molecule has 0 aromatic heterocycles. The Morgan fingerprint density at radius 1 is 1.00 bits per heavy atom. The first-order valence-corrected chi connectivity index (χ1v) is 15.9. The topological polar surface area (TPSA) is 72.8 Å². The third-order valence-electron chi connectivity index (χ3n) is 7.22. The molecule has 3 atom stereocenters. The number of ether oxygens (including phenoxy) is 1. The van der Waals surface area contributed by atoms with Gasteiger partial charge in [0.05, 0.1) is 17.6 Å². The number of aryl methyl sites for hydroxylation is 1. The summed E-state index contributed by atoms with van der Waals surface area (Å²) in [6.07, 6.45) is -0.450. The lowest BCUT2D eigenvalue weighted by atomic mass is 10.1. The van der Waals surface area contributed by atoms with Gasteiger partial charge in [-0.2, -0.15) is 0 Å². The maximum atomic E-state index is 13.6. The minimum absolute atomic E-state index is 0.0598. The van der Waals surface area contributed by atoms with Gasteiger partial charge in [0.15, 0.2) is 0 Å². The number of benzene rings is 3. The summed E-state index contributed by atoms with van der Waals surface area (Å²) in [7, 11) is -6.97. The van der Waals surface area contributed by atoms with E-state index < -0.39 is 35.3 Å². The van der Waals surface area contributed by atoms with Crippen molar-refractivity contribution in [1.82, 2.24) is 0 Å². The smallest absolute Gasteiger partial charge is 0.261 e.